The van der Waals surface area contributed by atoms with Crippen molar-refractivity contribution >= 4 is 28.2 Å². The van der Waals surface area contributed by atoms with Crippen molar-refractivity contribution in [2.45, 2.75) is 38.6 Å². The molecule has 0 radical (unpaired) electrons. The second-order valence-corrected chi connectivity index (χ2v) is 8.42. The number of amides is 2. The summed E-state index contributed by atoms with van der Waals surface area (Å²) in [6.07, 6.45) is 4.22. The number of carbonyl (C=O) groups is 2. The van der Waals surface area contributed by atoms with Crippen LogP contribution >= 0.6 is 11.3 Å². The van der Waals surface area contributed by atoms with E-state index in [0.29, 0.717) is 22.0 Å². The summed E-state index contributed by atoms with van der Waals surface area (Å²) in [4.78, 5) is 25.4. The third kappa shape index (κ3) is 3.92. The van der Waals surface area contributed by atoms with Crippen molar-refractivity contribution in [3.05, 3.63) is 51.9 Å². The van der Waals surface area contributed by atoms with Gasteiger partial charge in [-0.15, -0.1) is 11.3 Å². The lowest BCUT2D eigenvalue weighted by Gasteiger charge is -2.30. The van der Waals surface area contributed by atoms with Gasteiger partial charge in [-0.3, -0.25) is 9.59 Å². The van der Waals surface area contributed by atoms with Crippen molar-refractivity contribution in [1.82, 2.24) is 10.6 Å². The zero-order valence-electron chi connectivity index (χ0n) is 15.5. The summed E-state index contributed by atoms with van der Waals surface area (Å²) in [6, 6.07) is 7.87. The molecule has 27 heavy (non-hydrogen) atoms. The Bertz CT molecular complexity index is 861. The molecule has 1 saturated heterocycles. The van der Waals surface area contributed by atoms with E-state index in [4.69, 9.17) is 0 Å². The van der Waals surface area contributed by atoms with E-state index in [9.17, 15) is 9.59 Å². The van der Waals surface area contributed by atoms with E-state index < -0.39 is 0 Å². The van der Waals surface area contributed by atoms with Gasteiger partial charge in [0, 0.05) is 11.6 Å². The van der Waals surface area contributed by atoms with Crippen LogP contribution in [0.4, 0.5) is 5.00 Å². The van der Waals surface area contributed by atoms with Crippen molar-refractivity contribution in [1.29, 1.82) is 0 Å². The molecule has 2 aliphatic rings. The van der Waals surface area contributed by atoms with E-state index in [-0.39, 0.29) is 17.9 Å². The van der Waals surface area contributed by atoms with Crippen molar-refractivity contribution in [2.24, 2.45) is 5.92 Å². The minimum atomic E-state index is -0.156. The molecule has 1 aromatic carbocycles. The number of fused-ring (bicyclic) bond motifs is 1. The summed E-state index contributed by atoms with van der Waals surface area (Å²) in [7, 11) is 0. The van der Waals surface area contributed by atoms with E-state index in [1.54, 1.807) is 6.07 Å². The molecule has 0 saturated carbocycles. The summed E-state index contributed by atoms with van der Waals surface area (Å²) in [5.41, 5.74) is 3.81. The Balaban J connectivity index is 1.45. The number of carbonyl (C=O) groups excluding carboxylic acids is 2. The number of benzene rings is 1. The number of thiophene rings is 1. The van der Waals surface area contributed by atoms with Crippen LogP contribution in [0, 0.1) is 5.92 Å². The Morgan fingerprint density at radius 2 is 2.00 bits per heavy atom. The molecule has 142 valence electrons. The molecular formula is C21H25N3O2S. The molecule has 1 aromatic heterocycles. The van der Waals surface area contributed by atoms with Gasteiger partial charge in [-0.2, -0.15) is 0 Å². The van der Waals surface area contributed by atoms with Crippen LogP contribution in [0.25, 0.3) is 0 Å². The van der Waals surface area contributed by atoms with Crippen LogP contribution in [-0.4, -0.2) is 30.9 Å². The molecule has 2 atom stereocenters. The molecule has 1 aliphatic heterocycles. The Labute approximate surface area is 163 Å². The molecule has 2 heterocycles. The van der Waals surface area contributed by atoms with Gasteiger partial charge in [0.25, 0.3) is 11.8 Å². The molecule has 5 nitrogen and oxygen atoms in total. The second-order valence-electron chi connectivity index (χ2n) is 7.50. The average Bonchev–Trinajstić information content (AvgIpc) is 3.32. The number of anilines is 1. The summed E-state index contributed by atoms with van der Waals surface area (Å²) in [5.74, 6) is 0.126. The minimum absolute atomic E-state index is 0.112. The van der Waals surface area contributed by atoms with Crippen molar-refractivity contribution in [2.75, 3.05) is 18.4 Å². The van der Waals surface area contributed by atoms with Gasteiger partial charge in [0.1, 0.15) is 5.00 Å². The molecule has 2 amide bonds. The topological polar surface area (TPSA) is 70.2 Å². The van der Waals surface area contributed by atoms with Gasteiger partial charge in [-0.1, -0.05) is 13.0 Å². The van der Waals surface area contributed by atoms with Gasteiger partial charge in [0.05, 0.1) is 5.56 Å². The van der Waals surface area contributed by atoms with E-state index in [1.807, 2.05) is 17.5 Å². The summed E-state index contributed by atoms with van der Waals surface area (Å²) < 4.78 is 0. The van der Waals surface area contributed by atoms with Gasteiger partial charge in [-0.05, 0) is 79.4 Å². The van der Waals surface area contributed by atoms with Crippen molar-refractivity contribution in [3.63, 3.8) is 0 Å². The van der Waals surface area contributed by atoms with Crippen LogP contribution < -0.4 is 16.0 Å². The highest BCUT2D eigenvalue weighted by Gasteiger charge is 2.25. The second kappa shape index (κ2) is 7.82. The fraction of sp³-hybridized carbons (Fsp3) is 0.429. The van der Waals surface area contributed by atoms with Crippen LogP contribution in [0.1, 0.15) is 51.6 Å². The molecule has 0 spiro atoms. The maximum Gasteiger partial charge on any atom is 0.256 e. The molecule has 4 rings (SSSR count). The quantitative estimate of drug-likeness (QED) is 0.759. The molecule has 6 heteroatoms. The lowest BCUT2D eigenvalue weighted by molar-refractivity contribution is 0.0915. The summed E-state index contributed by atoms with van der Waals surface area (Å²) >= 11 is 1.38. The number of hydrogen-bond donors (Lipinski definition) is 3. The standard InChI is InChI=1S/C21H25N3O2S/c1-13-12-22-9-7-18(13)23-20(26)17-8-10-27-21(17)24-19(25)16-6-5-14-3-2-4-15(14)11-16/h5-6,8,10-11,13,18,22H,2-4,7,9,12H2,1H3,(H,23,26)(H,24,25). The Hall–Kier alpha value is -2.18. The van der Waals surface area contributed by atoms with Gasteiger partial charge in [0.2, 0.25) is 0 Å². The molecule has 1 aliphatic carbocycles. The molecule has 1 fully saturated rings. The third-order valence-electron chi connectivity index (χ3n) is 5.60. The minimum Gasteiger partial charge on any atom is -0.349 e. The Kier molecular flexibility index (Phi) is 5.27. The first-order chi connectivity index (χ1) is 13.1. The first kappa shape index (κ1) is 18.2. The smallest absolute Gasteiger partial charge is 0.256 e. The number of piperidine rings is 1. The zero-order chi connectivity index (χ0) is 18.8. The highest BCUT2D eigenvalue weighted by Crippen LogP contribution is 2.26. The zero-order valence-corrected chi connectivity index (χ0v) is 16.3. The first-order valence-corrected chi connectivity index (χ1v) is 10.5. The number of rotatable bonds is 4. The predicted octanol–water partition coefficient (Wildman–Crippen LogP) is 3.22. The average molecular weight is 384 g/mol. The Morgan fingerprint density at radius 3 is 2.85 bits per heavy atom. The van der Waals surface area contributed by atoms with E-state index >= 15 is 0 Å². The van der Waals surface area contributed by atoms with Crippen molar-refractivity contribution in [3.8, 4) is 0 Å². The van der Waals surface area contributed by atoms with Crippen LogP contribution in [-0.2, 0) is 12.8 Å². The van der Waals surface area contributed by atoms with Crippen LogP contribution in [0.15, 0.2) is 29.6 Å². The molecule has 3 N–H and O–H groups in total. The van der Waals surface area contributed by atoms with Gasteiger partial charge in [0.15, 0.2) is 0 Å². The molecular weight excluding hydrogens is 358 g/mol. The van der Waals surface area contributed by atoms with Crippen molar-refractivity contribution < 1.29 is 9.59 Å². The SMILES string of the molecule is CC1CNCCC1NC(=O)c1ccsc1NC(=O)c1ccc2c(c1)CCC2. The van der Waals surface area contributed by atoms with Gasteiger partial charge in [-0.25, -0.2) is 0 Å². The predicted molar refractivity (Wildman–Crippen MR) is 109 cm³/mol. The van der Waals surface area contributed by atoms with Crippen LogP contribution in [0.3, 0.4) is 0 Å². The van der Waals surface area contributed by atoms with Gasteiger partial charge >= 0.3 is 0 Å². The van der Waals surface area contributed by atoms with E-state index in [0.717, 1.165) is 38.8 Å². The largest absolute Gasteiger partial charge is 0.349 e. The maximum atomic E-state index is 12.7. The normalized spacial score (nSPS) is 21.5. The van der Waals surface area contributed by atoms with Gasteiger partial charge < -0.3 is 16.0 Å². The molecule has 2 unspecified atom stereocenters. The highest BCUT2D eigenvalue weighted by atomic mass is 32.1. The first-order valence-electron chi connectivity index (χ1n) is 9.64. The van der Waals surface area contributed by atoms with Crippen LogP contribution in [0.5, 0.6) is 0 Å². The fourth-order valence-electron chi connectivity index (χ4n) is 3.95. The fourth-order valence-corrected chi connectivity index (χ4v) is 4.73. The van der Waals surface area contributed by atoms with E-state index in [2.05, 4.69) is 28.9 Å². The summed E-state index contributed by atoms with van der Waals surface area (Å²) in [6.45, 7) is 3.97. The summed E-state index contributed by atoms with van der Waals surface area (Å²) in [5, 5.41) is 11.9. The number of nitrogens with one attached hydrogen (secondary N) is 3. The molecule has 2 aromatic rings. The van der Waals surface area contributed by atoms with E-state index in [1.165, 1.54) is 22.5 Å². The highest BCUT2D eigenvalue weighted by molar-refractivity contribution is 7.14. The maximum absolute atomic E-state index is 12.7. The monoisotopic (exact) mass is 383 g/mol. The lowest BCUT2D eigenvalue weighted by Crippen LogP contribution is -2.48. The lowest BCUT2D eigenvalue weighted by atomic mass is 9.95. The van der Waals surface area contributed by atoms with Crippen LogP contribution in [0.2, 0.25) is 0 Å². The molecule has 0 bridgehead atoms. The third-order valence-corrected chi connectivity index (χ3v) is 6.43. The number of aryl methyl sites for hydroxylation is 2. The number of hydrogen-bond acceptors (Lipinski definition) is 4. The Morgan fingerprint density at radius 1 is 1.15 bits per heavy atom.